The minimum atomic E-state index is -0.260. The van der Waals surface area contributed by atoms with Gasteiger partial charge in [0, 0.05) is 25.1 Å². The van der Waals surface area contributed by atoms with Crippen molar-refractivity contribution in [3.63, 3.8) is 0 Å². The average molecular weight is 315 g/mol. The molecular weight excluding hydrogens is 294 g/mol. The Hall–Kier alpha value is -2.43. The molecule has 0 atom stereocenters. The van der Waals surface area contributed by atoms with Crippen LogP contribution in [0.1, 0.15) is 38.2 Å². The molecule has 2 amide bonds. The van der Waals surface area contributed by atoms with Gasteiger partial charge in [0.25, 0.3) is 11.8 Å². The maximum absolute atomic E-state index is 11.7. The third kappa shape index (κ3) is 5.06. The standard InChI is InChI=1S/C18H21NO4/c1-2-14-7-9-15(10-8-14)23-18(22)6-4-3-5-13-19-16(20)11-12-17(19)21/h7-12H,2-6,13H2,1H3. The van der Waals surface area contributed by atoms with Crippen LogP contribution in [0.5, 0.6) is 5.75 Å². The number of esters is 1. The van der Waals surface area contributed by atoms with E-state index in [4.69, 9.17) is 4.74 Å². The lowest BCUT2D eigenvalue weighted by Gasteiger charge is -2.12. The number of benzene rings is 1. The summed E-state index contributed by atoms with van der Waals surface area (Å²) in [5, 5.41) is 0. The molecule has 0 unspecified atom stereocenters. The molecule has 5 nitrogen and oxygen atoms in total. The number of hydrogen-bond donors (Lipinski definition) is 0. The number of rotatable bonds is 8. The molecule has 5 heteroatoms. The van der Waals surface area contributed by atoms with E-state index in [0.29, 0.717) is 31.6 Å². The van der Waals surface area contributed by atoms with Gasteiger partial charge < -0.3 is 4.74 Å². The molecule has 2 rings (SSSR count). The summed E-state index contributed by atoms with van der Waals surface area (Å²) in [5.41, 5.74) is 1.20. The normalized spacial score (nSPS) is 13.7. The highest BCUT2D eigenvalue weighted by molar-refractivity contribution is 6.12. The molecule has 0 saturated carbocycles. The van der Waals surface area contributed by atoms with E-state index >= 15 is 0 Å². The fraction of sp³-hybridized carbons (Fsp3) is 0.389. The van der Waals surface area contributed by atoms with Crippen LogP contribution in [0.4, 0.5) is 0 Å². The number of aryl methyl sites for hydroxylation is 1. The van der Waals surface area contributed by atoms with Crippen LogP contribution in [0.3, 0.4) is 0 Å². The van der Waals surface area contributed by atoms with Crippen molar-refractivity contribution < 1.29 is 19.1 Å². The molecule has 0 radical (unpaired) electrons. The summed E-state index contributed by atoms with van der Waals surface area (Å²) in [7, 11) is 0. The van der Waals surface area contributed by atoms with Crippen molar-refractivity contribution >= 4 is 17.8 Å². The molecule has 0 saturated heterocycles. The number of amides is 2. The third-order valence-electron chi connectivity index (χ3n) is 3.73. The van der Waals surface area contributed by atoms with Crippen molar-refractivity contribution in [3.8, 4) is 5.75 Å². The SMILES string of the molecule is CCc1ccc(OC(=O)CCCCCN2C(=O)C=CC2=O)cc1. The van der Waals surface area contributed by atoms with Crippen molar-refractivity contribution in [2.75, 3.05) is 6.54 Å². The largest absolute Gasteiger partial charge is 0.427 e. The molecule has 1 aromatic carbocycles. The molecule has 1 heterocycles. The molecule has 1 aromatic rings. The number of unbranched alkanes of at least 4 members (excludes halogenated alkanes) is 2. The summed E-state index contributed by atoms with van der Waals surface area (Å²) >= 11 is 0. The Kier molecular flexibility index (Phi) is 6.09. The van der Waals surface area contributed by atoms with Gasteiger partial charge in [0.2, 0.25) is 0 Å². The summed E-state index contributed by atoms with van der Waals surface area (Å²) in [4.78, 5) is 35.7. The lowest BCUT2D eigenvalue weighted by atomic mass is 10.1. The zero-order chi connectivity index (χ0) is 16.7. The fourth-order valence-corrected chi connectivity index (χ4v) is 2.34. The molecule has 1 aliphatic heterocycles. The second-order valence-electron chi connectivity index (χ2n) is 5.44. The Morgan fingerprint density at radius 1 is 1.00 bits per heavy atom. The van der Waals surface area contributed by atoms with E-state index in [1.165, 1.54) is 22.6 Å². The quantitative estimate of drug-likeness (QED) is 0.320. The maximum Gasteiger partial charge on any atom is 0.311 e. The van der Waals surface area contributed by atoms with Crippen molar-refractivity contribution in [3.05, 3.63) is 42.0 Å². The smallest absolute Gasteiger partial charge is 0.311 e. The first-order valence-electron chi connectivity index (χ1n) is 7.93. The predicted molar refractivity (Wildman–Crippen MR) is 85.8 cm³/mol. The summed E-state index contributed by atoms with van der Waals surface area (Å²) in [6.07, 6.45) is 5.97. The molecule has 23 heavy (non-hydrogen) atoms. The first kappa shape index (κ1) is 16.9. The third-order valence-corrected chi connectivity index (χ3v) is 3.73. The Bertz CT molecular complexity index is 586. The van der Waals surface area contributed by atoms with Gasteiger partial charge in [-0.05, 0) is 37.0 Å². The Labute approximate surface area is 135 Å². The first-order chi connectivity index (χ1) is 11.1. The molecule has 0 spiro atoms. The topological polar surface area (TPSA) is 63.7 Å². The van der Waals surface area contributed by atoms with E-state index < -0.39 is 0 Å². The minimum Gasteiger partial charge on any atom is -0.427 e. The van der Waals surface area contributed by atoms with Gasteiger partial charge in [0.05, 0.1) is 0 Å². The first-order valence-corrected chi connectivity index (χ1v) is 7.93. The zero-order valence-corrected chi connectivity index (χ0v) is 13.3. The fourth-order valence-electron chi connectivity index (χ4n) is 2.34. The molecule has 122 valence electrons. The highest BCUT2D eigenvalue weighted by Crippen LogP contribution is 2.14. The van der Waals surface area contributed by atoms with Crippen molar-refractivity contribution in [2.45, 2.75) is 39.0 Å². The lowest BCUT2D eigenvalue weighted by Crippen LogP contribution is -2.30. The van der Waals surface area contributed by atoms with Gasteiger partial charge >= 0.3 is 5.97 Å². The number of hydrogen-bond acceptors (Lipinski definition) is 4. The van der Waals surface area contributed by atoms with Crippen LogP contribution < -0.4 is 4.74 Å². The summed E-state index contributed by atoms with van der Waals surface area (Å²) in [5.74, 6) is -0.217. The van der Waals surface area contributed by atoms with Gasteiger partial charge in [0.15, 0.2) is 0 Å². The van der Waals surface area contributed by atoms with E-state index in [1.54, 1.807) is 12.1 Å². The molecular formula is C18H21NO4. The van der Waals surface area contributed by atoms with Crippen LogP contribution in [-0.2, 0) is 20.8 Å². The van der Waals surface area contributed by atoms with Crippen LogP contribution in [0, 0.1) is 0 Å². The average Bonchev–Trinajstić information content (AvgIpc) is 2.87. The van der Waals surface area contributed by atoms with Gasteiger partial charge in [-0.3, -0.25) is 19.3 Å². The van der Waals surface area contributed by atoms with E-state index in [2.05, 4.69) is 6.92 Å². The molecule has 1 aliphatic rings. The molecule has 0 fully saturated rings. The Balaban J connectivity index is 1.61. The van der Waals surface area contributed by atoms with Crippen molar-refractivity contribution in [1.82, 2.24) is 4.90 Å². The maximum atomic E-state index is 11.7. The van der Waals surface area contributed by atoms with Gasteiger partial charge in [0.1, 0.15) is 5.75 Å². The lowest BCUT2D eigenvalue weighted by molar-refractivity contribution is -0.137. The van der Waals surface area contributed by atoms with Gasteiger partial charge in [-0.1, -0.05) is 25.5 Å². The van der Waals surface area contributed by atoms with Crippen LogP contribution in [0.15, 0.2) is 36.4 Å². The van der Waals surface area contributed by atoms with Gasteiger partial charge in [-0.2, -0.15) is 0 Å². The van der Waals surface area contributed by atoms with E-state index in [-0.39, 0.29) is 17.8 Å². The molecule has 0 N–H and O–H groups in total. The molecule has 0 bridgehead atoms. The minimum absolute atomic E-state index is 0.259. The Morgan fingerprint density at radius 2 is 1.65 bits per heavy atom. The molecule has 0 aliphatic carbocycles. The summed E-state index contributed by atoms with van der Waals surface area (Å²) in [6.45, 7) is 2.47. The molecule has 0 aromatic heterocycles. The van der Waals surface area contributed by atoms with Crippen LogP contribution >= 0.6 is 0 Å². The van der Waals surface area contributed by atoms with Crippen molar-refractivity contribution in [1.29, 1.82) is 0 Å². The monoisotopic (exact) mass is 315 g/mol. The number of ether oxygens (including phenoxy) is 1. The van der Waals surface area contributed by atoms with Crippen LogP contribution in [0.2, 0.25) is 0 Å². The van der Waals surface area contributed by atoms with Crippen LogP contribution in [0.25, 0.3) is 0 Å². The Morgan fingerprint density at radius 3 is 2.26 bits per heavy atom. The van der Waals surface area contributed by atoms with Gasteiger partial charge in [-0.15, -0.1) is 0 Å². The van der Waals surface area contributed by atoms with E-state index in [9.17, 15) is 14.4 Å². The van der Waals surface area contributed by atoms with E-state index in [1.807, 2.05) is 12.1 Å². The number of carbonyl (C=O) groups is 3. The number of nitrogens with zero attached hydrogens (tertiary/aromatic N) is 1. The highest BCUT2D eigenvalue weighted by Gasteiger charge is 2.22. The van der Waals surface area contributed by atoms with Gasteiger partial charge in [-0.25, -0.2) is 0 Å². The van der Waals surface area contributed by atoms with E-state index in [0.717, 1.165) is 12.8 Å². The number of imide groups is 1. The second-order valence-corrected chi connectivity index (χ2v) is 5.44. The summed E-state index contributed by atoms with van der Waals surface area (Å²) in [6, 6.07) is 7.49. The second kappa shape index (κ2) is 8.27. The summed E-state index contributed by atoms with van der Waals surface area (Å²) < 4.78 is 5.26. The van der Waals surface area contributed by atoms with Crippen LogP contribution in [-0.4, -0.2) is 29.2 Å². The van der Waals surface area contributed by atoms with Crippen molar-refractivity contribution in [2.24, 2.45) is 0 Å². The number of carbonyl (C=O) groups excluding carboxylic acids is 3. The highest BCUT2D eigenvalue weighted by atomic mass is 16.5. The predicted octanol–water partition coefficient (Wildman–Crippen LogP) is 2.64. The zero-order valence-electron chi connectivity index (χ0n) is 13.3.